The van der Waals surface area contributed by atoms with E-state index in [-0.39, 0.29) is 16.6 Å². The number of nitrogens with one attached hydrogen (secondary N) is 2. The van der Waals surface area contributed by atoms with E-state index in [2.05, 4.69) is 10.0 Å². The Hall–Kier alpha value is -2.61. The van der Waals surface area contributed by atoms with E-state index in [4.69, 9.17) is 0 Å². The van der Waals surface area contributed by atoms with Gasteiger partial charge >= 0.3 is 0 Å². The molecular formula is C22H22N2O3S2. The van der Waals surface area contributed by atoms with Gasteiger partial charge in [0, 0.05) is 17.1 Å². The van der Waals surface area contributed by atoms with Gasteiger partial charge in [-0.25, -0.2) is 13.1 Å². The molecule has 2 N–H and O–H groups in total. The highest BCUT2D eigenvalue weighted by atomic mass is 32.2. The number of rotatable bonds is 9. The van der Waals surface area contributed by atoms with Gasteiger partial charge < -0.3 is 5.32 Å². The molecule has 0 heterocycles. The van der Waals surface area contributed by atoms with Crippen LogP contribution < -0.4 is 10.0 Å². The summed E-state index contributed by atoms with van der Waals surface area (Å²) in [4.78, 5) is 13.3. The molecule has 0 radical (unpaired) electrons. The number of carbonyl (C=O) groups excluding carboxylic acids is 1. The molecule has 3 aromatic rings. The summed E-state index contributed by atoms with van der Waals surface area (Å²) in [6.07, 6.45) is 0.618. The fourth-order valence-electron chi connectivity index (χ4n) is 2.64. The first-order valence-corrected chi connectivity index (χ1v) is 11.6. The van der Waals surface area contributed by atoms with E-state index in [9.17, 15) is 13.2 Å². The molecule has 0 aliphatic carbocycles. The summed E-state index contributed by atoms with van der Waals surface area (Å²) in [7, 11) is -3.59. The predicted molar refractivity (Wildman–Crippen MR) is 118 cm³/mol. The van der Waals surface area contributed by atoms with Crippen molar-refractivity contribution in [2.45, 2.75) is 16.2 Å². The molecule has 1 amide bonds. The highest BCUT2D eigenvalue weighted by Gasteiger charge is 2.13. The van der Waals surface area contributed by atoms with Crippen molar-refractivity contribution in [1.82, 2.24) is 4.72 Å². The van der Waals surface area contributed by atoms with Gasteiger partial charge in [-0.2, -0.15) is 0 Å². The van der Waals surface area contributed by atoms with E-state index < -0.39 is 10.0 Å². The van der Waals surface area contributed by atoms with E-state index in [0.717, 1.165) is 10.5 Å². The van der Waals surface area contributed by atoms with Gasteiger partial charge in [0.15, 0.2) is 0 Å². The lowest BCUT2D eigenvalue weighted by Gasteiger charge is -2.09. The van der Waals surface area contributed by atoms with Crippen molar-refractivity contribution in [3.8, 4) is 0 Å². The van der Waals surface area contributed by atoms with Crippen molar-refractivity contribution in [3.05, 3.63) is 90.5 Å². The maximum absolute atomic E-state index is 12.4. The first-order valence-electron chi connectivity index (χ1n) is 9.14. The van der Waals surface area contributed by atoms with Crippen LogP contribution in [0.5, 0.6) is 0 Å². The molecule has 0 aromatic heterocycles. The smallest absolute Gasteiger partial charge is 0.240 e. The number of thioether (sulfide) groups is 1. The Bertz CT molecular complexity index is 1020. The molecule has 0 saturated heterocycles. The lowest BCUT2D eigenvalue weighted by Crippen LogP contribution is -2.26. The van der Waals surface area contributed by atoms with Crippen LogP contribution in [-0.4, -0.2) is 26.6 Å². The zero-order chi connectivity index (χ0) is 20.5. The van der Waals surface area contributed by atoms with Gasteiger partial charge in [-0.3, -0.25) is 4.79 Å². The minimum atomic E-state index is -3.59. The molecule has 3 aromatic carbocycles. The van der Waals surface area contributed by atoms with Crippen LogP contribution in [0.3, 0.4) is 0 Å². The van der Waals surface area contributed by atoms with Gasteiger partial charge in [0.2, 0.25) is 15.9 Å². The summed E-state index contributed by atoms with van der Waals surface area (Å²) in [6, 6.07) is 25.5. The number of carbonyl (C=O) groups is 1. The Morgan fingerprint density at radius 3 is 2.10 bits per heavy atom. The van der Waals surface area contributed by atoms with Gasteiger partial charge in [0.1, 0.15) is 0 Å². The first kappa shape index (κ1) is 21.1. The van der Waals surface area contributed by atoms with Crippen LogP contribution in [0.1, 0.15) is 5.56 Å². The molecule has 5 nitrogen and oxygen atoms in total. The van der Waals surface area contributed by atoms with E-state index in [1.165, 1.54) is 23.9 Å². The number of sulfonamides is 1. The molecule has 7 heteroatoms. The number of hydrogen-bond donors (Lipinski definition) is 2. The van der Waals surface area contributed by atoms with Crippen LogP contribution in [0.2, 0.25) is 0 Å². The Kier molecular flexibility index (Phi) is 7.46. The molecule has 0 unspecified atom stereocenters. The Morgan fingerprint density at radius 2 is 1.45 bits per heavy atom. The Balaban J connectivity index is 1.49. The summed E-state index contributed by atoms with van der Waals surface area (Å²) >= 11 is 1.44. The average molecular weight is 427 g/mol. The largest absolute Gasteiger partial charge is 0.325 e. The quantitative estimate of drug-likeness (QED) is 0.508. The second-order valence-electron chi connectivity index (χ2n) is 6.31. The summed E-state index contributed by atoms with van der Waals surface area (Å²) in [6.45, 7) is 0.321. The molecule has 0 aliphatic heterocycles. The summed E-state index contributed by atoms with van der Waals surface area (Å²) < 4.78 is 27.4. The van der Waals surface area contributed by atoms with E-state index in [1.54, 1.807) is 12.1 Å². The number of hydrogen-bond acceptors (Lipinski definition) is 4. The molecule has 0 atom stereocenters. The summed E-state index contributed by atoms with van der Waals surface area (Å²) in [5.41, 5.74) is 1.63. The molecule has 3 rings (SSSR count). The van der Waals surface area contributed by atoms with Crippen LogP contribution in [0.4, 0.5) is 5.69 Å². The summed E-state index contributed by atoms with van der Waals surface area (Å²) in [5, 5.41) is 2.78. The number of anilines is 1. The number of benzene rings is 3. The second kappa shape index (κ2) is 10.2. The molecule has 0 aliphatic rings. The van der Waals surface area contributed by atoms with Crippen LogP contribution in [-0.2, 0) is 21.2 Å². The van der Waals surface area contributed by atoms with Gasteiger partial charge in [-0.1, -0.05) is 48.5 Å². The normalized spacial score (nSPS) is 11.2. The van der Waals surface area contributed by atoms with Gasteiger partial charge in [-0.05, 0) is 48.4 Å². The molecule has 0 bridgehead atoms. The minimum Gasteiger partial charge on any atom is -0.325 e. The van der Waals surface area contributed by atoms with Crippen molar-refractivity contribution in [1.29, 1.82) is 0 Å². The van der Waals surface area contributed by atoms with Crippen LogP contribution >= 0.6 is 11.8 Å². The maximum Gasteiger partial charge on any atom is 0.240 e. The van der Waals surface area contributed by atoms with E-state index in [0.29, 0.717) is 18.7 Å². The predicted octanol–water partition coefficient (Wildman–Crippen LogP) is 3.94. The first-order chi connectivity index (χ1) is 14.0. The Labute approximate surface area is 175 Å². The van der Waals surface area contributed by atoms with Crippen molar-refractivity contribution >= 4 is 33.4 Å². The fraction of sp³-hybridized carbons (Fsp3) is 0.136. The van der Waals surface area contributed by atoms with Crippen molar-refractivity contribution in [2.75, 3.05) is 17.6 Å². The summed E-state index contributed by atoms with van der Waals surface area (Å²) in [5.74, 6) is 0.140. The Morgan fingerprint density at radius 1 is 0.828 bits per heavy atom. The highest BCUT2D eigenvalue weighted by Crippen LogP contribution is 2.18. The van der Waals surface area contributed by atoms with Crippen molar-refractivity contribution in [2.24, 2.45) is 0 Å². The van der Waals surface area contributed by atoms with Crippen LogP contribution in [0.25, 0.3) is 0 Å². The SMILES string of the molecule is O=C(CSc1ccccc1)Nc1ccc(S(=O)(=O)NCCc2ccccc2)cc1. The van der Waals surface area contributed by atoms with Gasteiger partial charge in [0.05, 0.1) is 10.6 Å². The second-order valence-corrected chi connectivity index (χ2v) is 9.12. The van der Waals surface area contributed by atoms with Crippen LogP contribution in [0, 0.1) is 0 Å². The average Bonchev–Trinajstić information content (AvgIpc) is 2.74. The zero-order valence-electron chi connectivity index (χ0n) is 15.7. The fourth-order valence-corrected chi connectivity index (χ4v) is 4.39. The molecule has 29 heavy (non-hydrogen) atoms. The molecule has 0 saturated carbocycles. The van der Waals surface area contributed by atoms with Crippen LogP contribution in [0.15, 0.2) is 94.7 Å². The lowest BCUT2D eigenvalue weighted by atomic mass is 10.2. The van der Waals surface area contributed by atoms with Gasteiger partial charge in [0.25, 0.3) is 0 Å². The molecule has 0 spiro atoms. The minimum absolute atomic E-state index is 0.143. The van der Waals surface area contributed by atoms with Gasteiger partial charge in [-0.15, -0.1) is 11.8 Å². The third-order valence-corrected chi connectivity index (χ3v) is 6.60. The maximum atomic E-state index is 12.4. The van der Waals surface area contributed by atoms with E-state index in [1.807, 2.05) is 60.7 Å². The standard InChI is InChI=1S/C22H22N2O3S2/c25-22(17-28-20-9-5-2-6-10-20)24-19-11-13-21(14-12-19)29(26,27)23-16-15-18-7-3-1-4-8-18/h1-14,23H,15-17H2,(H,24,25). The van der Waals surface area contributed by atoms with Crippen molar-refractivity contribution < 1.29 is 13.2 Å². The van der Waals surface area contributed by atoms with Crippen molar-refractivity contribution in [3.63, 3.8) is 0 Å². The third-order valence-electron chi connectivity index (χ3n) is 4.11. The molecular weight excluding hydrogens is 404 g/mol. The van der Waals surface area contributed by atoms with E-state index >= 15 is 0 Å². The number of amides is 1. The molecule has 0 fully saturated rings. The zero-order valence-corrected chi connectivity index (χ0v) is 17.4. The molecule has 150 valence electrons. The third kappa shape index (κ3) is 6.74. The monoisotopic (exact) mass is 426 g/mol. The topological polar surface area (TPSA) is 75.3 Å². The lowest BCUT2D eigenvalue weighted by molar-refractivity contribution is -0.113. The highest BCUT2D eigenvalue weighted by molar-refractivity contribution is 8.00.